The highest BCUT2D eigenvalue weighted by molar-refractivity contribution is 5.71. The molecule has 0 amide bonds. The fraction of sp³-hybridized carbons (Fsp3) is 0.167. The number of hydrogen-bond donors (Lipinski definition) is 1. The fourth-order valence-corrected chi connectivity index (χ4v) is 0.916. The molecule has 0 unspecified atom stereocenters. The average Bonchev–Trinajstić information content (AvgIpc) is 2.50. The molecule has 2 rings (SSSR count). The molecule has 0 saturated heterocycles. The molecule has 0 aliphatic heterocycles. The highest BCUT2D eigenvalue weighted by Gasteiger charge is 2.03. The third-order valence-corrected chi connectivity index (χ3v) is 1.43. The molecule has 0 bridgehead atoms. The minimum absolute atomic E-state index is 0.354. The Morgan fingerprint density at radius 1 is 1.36 bits per heavy atom. The van der Waals surface area contributed by atoms with E-state index in [4.69, 9.17) is 0 Å². The Morgan fingerprint density at radius 3 is 3.09 bits per heavy atom. The lowest BCUT2D eigenvalue weighted by atomic mass is 10.4. The monoisotopic (exact) mass is 152 g/mol. The Labute approximate surface area is 61.5 Å². The second-order valence-corrected chi connectivity index (χ2v) is 2.06. The molecule has 0 saturated carbocycles. The highest BCUT2D eigenvalue weighted by Crippen LogP contribution is 2.09. The van der Waals surface area contributed by atoms with Gasteiger partial charge in [0.1, 0.15) is 24.2 Å². The van der Waals surface area contributed by atoms with Crippen LogP contribution in [-0.2, 0) is 6.67 Å². The van der Waals surface area contributed by atoms with Gasteiger partial charge in [0.2, 0.25) is 0 Å². The Morgan fingerprint density at radius 2 is 2.27 bits per heavy atom. The molecule has 2 heterocycles. The molecular formula is C6H5FN4. The predicted octanol–water partition coefficient (Wildman–Crippen LogP) is 0.822. The summed E-state index contributed by atoms with van der Waals surface area (Å²) in [4.78, 5) is 14.2. The fourth-order valence-electron chi connectivity index (χ4n) is 0.916. The van der Waals surface area contributed by atoms with Gasteiger partial charge in [0.05, 0.1) is 6.33 Å². The van der Waals surface area contributed by atoms with E-state index in [1.54, 1.807) is 0 Å². The van der Waals surface area contributed by atoms with Gasteiger partial charge in [-0.2, -0.15) is 0 Å². The lowest BCUT2D eigenvalue weighted by Gasteiger charge is -1.91. The van der Waals surface area contributed by atoms with Crippen LogP contribution in [0.2, 0.25) is 0 Å². The van der Waals surface area contributed by atoms with Gasteiger partial charge in [-0.25, -0.2) is 19.3 Å². The number of aromatic nitrogens is 4. The van der Waals surface area contributed by atoms with Crippen LogP contribution in [-0.4, -0.2) is 19.9 Å². The SMILES string of the molecule is FCc1ncnc2nc[nH]c12. The summed E-state index contributed by atoms with van der Waals surface area (Å²) in [6.45, 7) is -0.596. The van der Waals surface area contributed by atoms with Gasteiger partial charge in [0.25, 0.3) is 0 Å². The Hall–Kier alpha value is -1.52. The van der Waals surface area contributed by atoms with Crippen molar-refractivity contribution in [3.8, 4) is 0 Å². The molecular weight excluding hydrogens is 147 g/mol. The van der Waals surface area contributed by atoms with E-state index in [-0.39, 0.29) is 0 Å². The first-order valence-corrected chi connectivity index (χ1v) is 3.10. The molecule has 0 aliphatic rings. The van der Waals surface area contributed by atoms with Gasteiger partial charge < -0.3 is 4.98 Å². The van der Waals surface area contributed by atoms with Crippen molar-refractivity contribution in [3.05, 3.63) is 18.3 Å². The zero-order chi connectivity index (χ0) is 7.68. The molecule has 0 radical (unpaired) electrons. The number of nitrogens with zero attached hydrogens (tertiary/aromatic N) is 3. The highest BCUT2D eigenvalue weighted by atomic mass is 19.1. The first kappa shape index (κ1) is 6.21. The van der Waals surface area contributed by atoms with Crippen LogP contribution in [0.4, 0.5) is 4.39 Å². The summed E-state index contributed by atoms with van der Waals surface area (Å²) in [5, 5.41) is 0. The number of nitrogens with one attached hydrogen (secondary N) is 1. The number of rotatable bonds is 1. The van der Waals surface area contributed by atoms with Crippen molar-refractivity contribution in [2.45, 2.75) is 6.67 Å². The van der Waals surface area contributed by atoms with Gasteiger partial charge in [0, 0.05) is 0 Å². The number of H-pyrrole nitrogens is 1. The molecule has 0 fully saturated rings. The maximum atomic E-state index is 12.2. The van der Waals surface area contributed by atoms with E-state index in [0.717, 1.165) is 0 Å². The van der Waals surface area contributed by atoms with Crippen LogP contribution in [0.3, 0.4) is 0 Å². The Kier molecular flexibility index (Phi) is 1.28. The molecule has 4 nitrogen and oxygen atoms in total. The van der Waals surface area contributed by atoms with Crippen molar-refractivity contribution in [3.63, 3.8) is 0 Å². The lowest BCUT2D eigenvalue weighted by Crippen LogP contribution is -1.89. The Bertz CT molecular complexity index is 369. The third kappa shape index (κ3) is 0.849. The number of hydrogen-bond acceptors (Lipinski definition) is 3. The summed E-state index contributed by atoms with van der Waals surface area (Å²) < 4.78 is 12.2. The topological polar surface area (TPSA) is 54.5 Å². The number of imidazole rings is 1. The van der Waals surface area contributed by atoms with Crippen molar-refractivity contribution in [2.24, 2.45) is 0 Å². The maximum Gasteiger partial charge on any atom is 0.180 e. The first-order valence-electron chi connectivity index (χ1n) is 3.10. The van der Waals surface area contributed by atoms with E-state index < -0.39 is 6.67 Å². The summed E-state index contributed by atoms with van der Waals surface area (Å²) in [5.41, 5.74) is 1.44. The molecule has 2 aromatic rings. The molecule has 0 spiro atoms. The largest absolute Gasteiger partial charge is 0.342 e. The van der Waals surface area contributed by atoms with E-state index in [2.05, 4.69) is 19.9 Å². The summed E-state index contributed by atoms with van der Waals surface area (Å²) in [6.07, 6.45) is 2.77. The minimum atomic E-state index is -0.596. The number of alkyl halides is 1. The zero-order valence-electron chi connectivity index (χ0n) is 5.58. The predicted molar refractivity (Wildman–Crippen MR) is 36.5 cm³/mol. The minimum Gasteiger partial charge on any atom is -0.342 e. The zero-order valence-corrected chi connectivity index (χ0v) is 5.58. The lowest BCUT2D eigenvalue weighted by molar-refractivity contribution is 0.478. The van der Waals surface area contributed by atoms with Crippen molar-refractivity contribution in [2.75, 3.05) is 0 Å². The summed E-state index contributed by atoms with van der Waals surface area (Å²) in [6, 6.07) is 0. The summed E-state index contributed by atoms with van der Waals surface area (Å²) in [7, 11) is 0. The summed E-state index contributed by atoms with van der Waals surface area (Å²) >= 11 is 0. The van der Waals surface area contributed by atoms with Gasteiger partial charge in [0.15, 0.2) is 5.65 Å². The van der Waals surface area contributed by atoms with Gasteiger partial charge in [-0.3, -0.25) is 0 Å². The standard InChI is InChI=1S/C6H5FN4/c7-1-4-5-6(10-2-8-4)11-3-9-5/h2-3H,1H2,(H,8,9,10,11). The van der Waals surface area contributed by atoms with Gasteiger partial charge >= 0.3 is 0 Å². The smallest absolute Gasteiger partial charge is 0.180 e. The molecule has 1 N–H and O–H groups in total. The Balaban J connectivity index is 2.79. The molecule has 0 atom stereocenters. The maximum absolute atomic E-state index is 12.2. The third-order valence-electron chi connectivity index (χ3n) is 1.43. The quantitative estimate of drug-likeness (QED) is 0.658. The van der Waals surface area contributed by atoms with E-state index in [1.807, 2.05) is 0 Å². The van der Waals surface area contributed by atoms with E-state index in [0.29, 0.717) is 16.9 Å². The van der Waals surface area contributed by atoms with Crippen LogP contribution in [0.5, 0.6) is 0 Å². The van der Waals surface area contributed by atoms with Gasteiger partial charge in [-0.05, 0) is 0 Å². The molecule has 0 aromatic carbocycles. The second-order valence-electron chi connectivity index (χ2n) is 2.06. The van der Waals surface area contributed by atoms with Crippen molar-refractivity contribution < 1.29 is 4.39 Å². The normalized spacial score (nSPS) is 10.6. The van der Waals surface area contributed by atoms with E-state index >= 15 is 0 Å². The van der Waals surface area contributed by atoms with Crippen LogP contribution < -0.4 is 0 Å². The van der Waals surface area contributed by atoms with Crippen LogP contribution >= 0.6 is 0 Å². The second kappa shape index (κ2) is 2.26. The van der Waals surface area contributed by atoms with Gasteiger partial charge in [-0.15, -0.1) is 0 Å². The average molecular weight is 152 g/mol. The number of aromatic amines is 1. The van der Waals surface area contributed by atoms with Crippen LogP contribution in [0.25, 0.3) is 11.2 Å². The molecule has 56 valence electrons. The van der Waals surface area contributed by atoms with Gasteiger partial charge in [-0.1, -0.05) is 0 Å². The van der Waals surface area contributed by atoms with Crippen molar-refractivity contribution >= 4 is 11.2 Å². The molecule has 5 heteroatoms. The van der Waals surface area contributed by atoms with Crippen LogP contribution in [0, 0.1) is 0 Å². The van der Waals surface area contributed by atoms with Crippen LogP contribution in [0.1, 0.15) is 5.69 Å². The summed E-state index contributed by atoms with van der Waals surface area (Å²) in [5.74, 6) is 0. The number of fused-ring (bicyclic) bond motifs is 1. The number of halogens is 1. The first-order chi connectivity index (χ1) is 5.42. The van der Waals surface area contributed by atoms with Crippen LogP contribution in [0.15, 0.2) is 12.7 Å². The van der Waals surface area contributed by atoms with Crippen molar-refractivity contribution in [1.29, 1.82) is 0 Å². The van der Waals surface area contributed by atoms with E-state index in [9.17, 15) is 4.39 Å². The molecule has 11 heavy (non-hydrogen) atoms. The molecule has 2 aromatic heterocycles. The van der Waals surface area contributed by atoms with Crippen molar-refractivity contribution in [1.82, 2.24) is 19.9 Å². The molecule has 0 aliphatic carbocycles. The van der Waals surface area contributed by atoms with E-state index in [1.165, 1.54) is 12.7 Å².